The van der Waals surface area contributed by atoms with E-state index in [4.69, 9.17) is 9.47 Å². The molecule has 0 bridgehead atoms. The molecule has 0 fully saturated rings. The lowest BCUT2D eigenvalue weighted by Gasteiger charge is -2.21. The van der Waals surface area contributed by atoms with E-state index in [2.05, 4.69) is 15.4 Å². The van der Waals surface area contributed by atoms with Crippen LogP contribution < -0.4 is 5.32 Å². The van der Waals surface area contributed by atoms with Crippen LogP contribution in [0, 0.1) is 5.92 Å². The van der Waals surface area contributed by atoms with Crippen LogP contribution in [0.2, 0.25) is 0 Å². The second-order valence-corrected chi connectivity index (χ2v) is 5.92. The normalized spacial score (nSPS) is 12.7. The van der Waals surface area contributed by atoms with Gasteiger partial charge in [-0.05, 0) is 30.2 Å². The summed E-state index contributed by atoms with van der Waals surface area (Å²) >= 11 is 0. The molecule has 1 N–H and O–H groups in total. The Morgan fingerprint density at radius 3 is 2.48 bits per heavy atom. The molecular formula is C18H22N4O5. The first-order chi connectivity index (χ1) is 13.0. The van der Waals surface area contributed by atoms with Crippen molar-refractivity contribution in [1.82, 2.24) is 20.1 Å². The van der Waals surface area contributed by atoms with E-state index in [1.807, 2.05) is 13.8 Å². The first kappa shape index (κ1) is 20.1. The van der Waals surface area contributed by atoms with Crippen molar-refractivity contribution in [1.29, 1.82) is 0 Å². The van der Waals surface area contributed by atoms with E-state index in [9.17, 15) is 14.4 Å². The van der Waals surface area contributed by atoms with Gasteiger partial charge in [0.15, 0.2) is 6.61 Å². The smallest absolute Gasteiger partial charge is 0.338 e. The van der Waals surface area contributed by atoms with E-state index in [1.165, 1.54) is 19.8 Å². The molecule has 0 aliphatic heterocycles. The Labute approximate surface area is 156 Å². The summed E-state index contributed by atoms with van der Waals surface area (Å²) in [7, 11) is 1.26. The van der Waals surface area contributed by atoms with Gasteiger partial charge in [0.1, 0.15) is 18.7 Å². The molecule has 0 saturated heterocycles. The van der Waals surface area contributed by atoms with E-state index in [-0.39, 0.29) is 11.5 Å². The molecule has 9 heteroatoms. The van der Waals surface area contributed by atoms with E-state index in [0.717, 1.165) is 5.69 Å². The quantitative estimate of drug-likeness (QED) is 0.689. The fraction of sp³-hybridized carbons (Fsp3) is 0.389. The van der Waals surface area contributed by atoms with E-state index >= 15 is 0 Å². The largest absolute Gasteiger partial charge is 0.467 e. The Kier molecular flexibility index (Phi) is 7.04. The zero-order valence-electron chi connectivity index (χ0n) is 15.4. The highest BCUT2D eigenvalue weighted by atomic mass is 16.5. The average Bonchev–Trinajstić information content (AvgIpc) is 3.24. The lowest BCUT2D eigenvalue weighted by atomic mass is 9.99. The molecule has 1 amide bonds. The number of nitrogens with zero attached hydrogens (tertiary/aromatic N) is 3. The molecule has 0 aliphatic carbocycles. The summed E-state index contributed by atoms with van der Waals surface area (Å²) in [6, 6.07) is 5.71. The van der Waals surface area contributed by atoms with Crippen LogP contribution in [0.5, 0.6) is 0 Å². The Morgan fingerprint density at radius 1 is 1.22 bits per heavy atom. The average molecular weight is 374 g/mol. The molecule has 1 aromatic heterocycles. The second-order valence-electron chi connectivity index (χ2n) is 5.92. The van der Waals surface area contributed by atoms with Crippen LogP contribution in [0.25, 0.3) is 5.69 Å². The summed E-state index contributed by atoms with van der Waals surface area (Å²) in [4.78, 5) is 39.7. The summed E-state index contributed by atoms with van der Waals surface area (Å²) in [6.45, 7) is 3.23. The van der Waals surface area contributed by atoms with Crippen molar-refractivity contribution >= 4 is 17.8 Å². The van der Waals surface area contributed by atoms with E-state index in [1.54, 1.807) is 28.9 Å². The van der Waals surface area contributed by atoms with Gasteiger partial charge in [0.25, 0.3) is 5.91 Å². The second kappa shape index (κ2) is 9.46. The number of nitrogens with one attached hydrogen (secondary N) is 1. The number of amides is 1. The molecule has 2 atom stereocenters. The van der Waals surface area contributed by atoms with Crippen LogP contribution in [0.3, 0.4) is 0 Å². The highest BCUT2D eigenvalue weighted by Crippen LogP contribution is 2.10. The molecular weight excluding hydrogens is 352 g/mol. The molecule has 1 aromatic carbocycles. The van der Waals surface area contributed by atoms with Crippen LogP contribution in [0.1, 0.15) is 30.6 Å². The van der Waals surface area contributed by atoms with Gasteiger partial charge in [0, 0.05) is 0 Å². The van der Waals surface area contributed by atoms with E-state index in [0.29, 0.717) is 6.42 Å². The fourth-order valence-electron chi connectivity index (χ4n) is 2.32. The maximum Gasteiger partial charge on any atom is 0.338 e. The molecule has 27 heavy (non-hydrogen) atoms. The molecule has 9 nitrogen and oxygen atoms in total. The van der Waals surface area contributed by atoms with Crippen molar-refractivity contribution in [2.75, 3.05) is 13.7 Å². The Balaban J connectivity index is 1.90. The molecule has 0 radical (unpaired) electrons. The van der Waals surface area contributed by atoms with Gasteiger partial charge >= 0.3 is 11.9 Å². The van der Waals surface area contributed by atoms with Crippen molar-refractivity contribution in [3.8, 4) is 5.69 Å². The van der Waals surface area contributed by atoms with Gasteiger partial charge in [-0.15, -0.1) is 0 Å². The predicted molar refractivity (Wildman–Crippen MR) is 95.0 cm³/mol. The molecule has 144 valence electrons. The van der Waals surface area contributed by atoms with Crippen LogP contribution in [0.4, 0.5) is 0 Å². The molecule has 2 rings (SSSR count). The minimum Gasteiger partial charge on any atom is -0.467 e. The van der Waals surface area contributed by atoms with Crippen LogP contribution >= 0.6 is 0 Å². The molecule has 1 heterocycles. The number of carbonyl (C=O) groups excluding carboxylic acids is 3. The van der Waals surface area contributed by atoms with E-state index < -0.39 is 30.5 Å². The third-order valence-corrected chi connectivity index (χ3v) is 4.11. The Hall–Kier alpha value is -3.23. The fourth-order valence-corrected chi connectivity index (χ4v) is 2.32. The zero-order valence-corrected chi connectivity index (χ0v) is 15.4. The van der Waals surface area contributed by atoms with Crippen LogP contribution in [0.15, 0.2) is 36.9 Å². The molecule has 0 aliphatic rings. The van der Waals surface area contributed by atoms with Crippen LogP contribution in [-0.4, -0.2) is 52.4 Å². The number of benzene rings is 1. The standard InChI is InChI=1S/C18H22N4O5/c1-4-12(2)16(18(25)26-3)21-15(23)9-27-17(24)13-5-7-14(8-6-13)22-11-19-10-20-22/h5-8,10-12,16H,4,9H2,1-3H3,(H,21,23)/t12-,16-/m0/s1. The van der Waals surface area contributed by atoms with Gasteiger partial charge in [-0.3, -0.25) is 4.79 Å². The minimum absolute atomic E-state index is 0.110. The Morgan fingerprint density at radius 2 is 1.93 bits per heavy atom. The van der Waals surface area contributed by atoms with Crippen LogP contribution in [-0.2, 0) is 19.1 Å². The number of esters is 2. The molecule has 0 saturated carbocycles. The molecule has 2 aromatic rings. The number of hydrogen-bond donors (Lipinski definition) is 1. The minimum atomic E-state index is -0.784. The summed E-state index contributed by atoms with van der Waals surface area (Å²) < 4.78 is 11.3. The van der Waals surface area contributed by atoms with Gasteiger partial charge in [-0.2, -0.15) is 5.10 Å². The number of hydrogen-bond acceptors (Lipinski definition) is 7. The van der Waals surface area contributed by atoms with Gasteiger partial charge in [0.2, 0.25) is 0 Å². The topological polar surface area (TPSA) is 112 Å². The summed E-state index contributed by atoms with van der Waals surface area (Å²) in [5, 5.41) is 6.53. The van der Waals surface area contributed by atoms with Gasteiger partial charge in [0.05, 0.1) is 18.4 Å². The Bertz CT molecular complexity index is 774. The van der Waals surface area contributed by atoms with Crippen molar-refractivity contribution in [2.45, 2.75) is 26.3 Å². The van der Waals surface area contributed by atoms with Crippen molar-refractivity contribution in [3.05, 3.63) is 42.5 Å². The van der Waals surface area contributed by atoms with Gasteiger partial charge < -0.3 is 14.8 Å². The predicted octanol–water partition coefficient (Wildman–Crippen LogP) is 1.13. The zero-order chi connectivity index (χ0) is 19.8. The lowest BCUT2D eigenvalue weighted by molar-refractivity contribution is -0.147. The number of rotatable bonds is 8. The number of aromatic nitrogens is 3. The SMILES string of the molecule is CC[C@H](C)[C@H](NC(=O)COC(=O)c1ccc(-n2cncn2)cc1)C(=O)OC. The maximum absolute atomic E-state index is 12.1. The molecule has 0 spiro atoms. The monoisotopic (exact) mass is 374 g/mol. The van der Waals surface area contributed by atoms with Crippen molar-refractivity contribution < 1.29 is 23.9 Å². The highest BCUT2D eigenvalue weighted by molar-refractivity contribution is 5.92. The number of carbonyl (C=O) groups is 3. The summed E-state index contributed by atoms with van der Waals surface area (Å²) in [5.74, 6) is -1.86. The summed E-state index contributed by atoms with van der Waals surface area (Å²) in [5.41, 5.74) is 1.02. The van der Waals surface area contributed by atoms with Crippen molar-refractivity contribution in [2.24, 2.45) is 5.92 Å². The third kappa shape index (κ3) is 5.37. The lowest BCUT2D eigenvalue weighted by Crippen LogP contribution is -2.47. The summed E-state index contributed by atoms with van der Waals surface area (Å²) in [6.07, 6.45) is 3.62. The van der Waals surface area contributed by atoms with Gasteiger partial charge in [-0.25, -0.2) is 19.3 Å². The number of ether oxygens (including phenoxy) is 2. The first-order valence-corrected chi connectivity index (χ1v) is 8.45. The third-order valence-electron chi connectivity index (χ3n) is 4.11. The van der Waals surface area contributed by atoms with Crippen molar-refractivity contribution in [3.63, 3.8) is 0 Å². The maximum atomic E-state index is 12.1. The highest BCUT2D eigenvalue weighted by Gasteiger charge is 2.27. The van der Waals surface area contributed by atoms with Gasteiger partial charge in [-0.1, -0.05) is 20.3 Å². The number of methoxy groups -OCH3 is 1. The molecule has 0 unspecified atom stereocenters. The first-order valence-electron chi connectivity index (χ1n) is 8.45.